The maximum atomic E-state index is 14.0. The van der Waals surface area contributed by atoms with Crippen LogP contribution in [0.2, 0.25) is 0 Å². The van der Waals surface area contributed by atoms with Crippen molar-refractivity contribution in [3.05, 3.63) is 113 Å². The second-order valence-corrected chi connectivity index (χ2v) is 19.5. The molecule has 67 heavy (non-hydrogen) atoms. The summed E-state index contributed by atoms with van der Waals surface area (Å²) < 4.78 is 6.87. The molecule has 1 aliphatic heterocycles. The molecule has 354 valence electrons. The summed E-state index contributed by atoms with van der Waals surface area (Å²) in [5, 5.41) is 46.3. The van der Waals surface area contributed by atoms with E-state index in [0.717, 1.165) is 71.4 Å². The lowest BCUT2D eigenvalue weighted by Crippen LogP contribution is -2.57. The van der Waals surface area contributed by atoms with E-state index in [4.69, 9.17) is 10.00 Å². The molecule has 13 nitrogen and oxygen atoms in total. The van der Waals surface area contributed by atoms with Crippen molar-refractivity contribution < 1.29 is 39.2 Å². The van der Waals surface area contributed by atoms with Crippen LogP contribution in [-0.4, -0.2) is 99.6 Å². The number of nitriles is 1. The molecule has 1 aromatic heterocycles. The van der Waals surface area contributed by atoms with Crippen molar-refractivity contribution in [2.24, 2.45) is 5.41 Å². The number of likely N-dealkylation sites (tertiary alicyclic amines) is 1. The molecule has 0 spiro atoms. The number of carbonyl (C=O) groups is 4. The van der Waals surface area contributed by atoms with E-state index in [2.05, 4.69) is 28.5 Å². The molecule has 1 saturated heterocycles. The largest absolute Gasteiger partial charge is 0.508 e. The Morgan fingerprint density at radius 2 is 1.55 bits per heavy atom. The number of hydrogen-bond donors (Lipinski definition) is 5. The second-order valence-electron chi connectivity index (χ2n) is 18.4. The van der Waals surface area contributed by atoms with Crippen LogP contribution >= 0.6 is 11.3 Å². The number of nitrogens with zero attached hydrogens (tertiary/aromatic N) is 3. The molecular weight excluding hydrogens is 867 g/mol. The number of aliphatic hydroxyl groups is 1. The third-order valence-corrected chi connectivity index (χ3v) is 13.5. The van der Waals surface area contributed by atoms with Gasteiger partial charge in [-0.1, -0.05) is 59.1 Å². The molecule has 5 N–H and O–H groups in total. The molecule has 0 bridgehead atoms. The lowest BCUT2D eigenvalue weighted by molar-refractivity contribution is -0.144. The molecule has 6 rings (SSSR count). The molecule has 1 fully saturated rings. The minimum atomic E-state index is -0.885. The van der Waals surface area contributed by atoms with E-state index in [1.807, 2.05) is 39.8 Å². The van der Waals surface area contributed by atoms with Gasteiger partial charge in [-0.3, -0.25) is 19.2 Å². The average Bonchev–Trinajstić information content (AvgIpc) is 3.90. The van der Waals surface area contributed by atoms with Crippen LogP contribution in [0, 0.1) is 16.7 Å². The Morgan fingerprint density at radius 3 is 2.22 bits per heavy atom. The van der Waals surface area contributed by atoms with Gasteiger partial charge in [-0.2, -0.15) is 5.26 Å². The van der Waals surface area contributed by atoms with Gasteiger partial charge >= 0.3 is 0 Å². The fourth-order valence-corrected chi connectivity index (χ4v) is 9.68. The van der Waals surface area contributed by atoms with Gasteiger partial charge in [-0.15, -0.1) is 11.3 Å². The van der Waals surface area contributed by atoms with Gasteiger partial charge < -0.3 is 40.5 Å². The number of nitrogens with one attached hydrogen (secondary N) is 2. The summed E-state index contributed by atoms with van der Waals surface area (Å²) in [4.78, 5) is 59.1. The monoisotopic (exact) mass is 929 g/mol. The van der Waals surface area contributed by atoms with Crippen LogP contribution in [-0.2, 0) is 14.4 Å². The number of ketones is 1. The van der Waals surface area contributed by atoms with Crippen LogP contribution in [0.4, 0.5) is 0 Å². The number of rotatable bonds is 21. The maximum absolute atomic E-state index is 14.0. The van der Waals surface area contributed by atoms with E-state index in [9.17, 15) is 34.5 Å². The van der Waals surface area contributed by atoms with E-state index in [-0.39, 0.29) is 54.5 Å². The first kappa shape index (κ1) is 50.1. The SMILES string of the molecule is CCN(CCCCCCCC(=O)N[C@H](C(=O)N1C[C@H](O)C[C@H]1C(=O)N[C@@H](C)c1ccc(C#N)cc1)C(C)(C)C)CCOc1ccc(C(=O)c2c(-c3ccc(O)cc3)sc3cc(O)ccc23)cc1. The number of hydrogen-bond acceptors (Lipinski definition) is 11. The van der Waals surface area contributed by atoms with Gasteiger partial charge in [0.05, 0.1) is 23.8 Å². The number of likely N-dealkylation sites (N-methyl/N-ethyl adjacent to an activating group) is 1. The Bertz CT molecular complexity index is 2530. The van der Waals surface area contributed by atoms with E-state index in [0.29, 0.717) is 35.5 Å². The zero-order valence-corrected chi connectivity index (χ0v) is 39.9. The Hall–Kier alpha value is -6.27. The van der Waals surface area contributed by atoms with E-state index < -0.39 is 29.5 Å². The summed E-state index contributed by atoms with van der Waals surface area (Å²) >= 11 is 1.42. The second kappa shape index (κ2) is 23.0. The van der Waals surface area contributed by atoms with Crippen LogP contribution in [0.5, 0.6) is 17.2 Å². The van der Waals surface area contributed by atoms with Gasteiger partial charge in [0, 0.05) is 52.0 Å². The minimum absolute atomic E-state index is 0.000703. The molecule has 0 aliphatic carbocycles. The summed E-state index contributed by atoms with van der Waals surface area (Å²) in [5.74, 6) is -0.209. The zero-order chi connectivity index (χ0) is 48.3. The molecule has 4 atom stereocenters. The third-order valence-electron chi connectivity index (χ3n) is 12.3. The molecule has 2 heterocycles. The molecule has 1 aliphatic rings. The highest BCUT2D eigenvalue weighted by atomic mass is 32.1. The van der Waals surface area contributed by atoms with Crippen molar-refractivity contribution in [1.82, 2.24) is 20.4 Å². The summed E-state index contributed by atoms with van der Waals surface area (Å²) in [6, 6.07) is 25.7. The molecular formula is C53H63N5O8S. The fraction of sp³-hybridized carbons (Fsp3) is 0.415. The number of phenols is 2. The van der Waals surface area contributed by atoms with Gasteiger partial charge in [0.1, 0.15) is 35.9 Å². The standard InChI is InChI=1S/C53H63N5O8S/c1-6-57(28-29-66-42-24-19-37(20-25-42)48(63)47-43-26-23-40(60)31-45(43)67-49(47)38-17-21-39(59)22-18-38)27-11-9-7-8-10-12-46(62)56-50(53(3,4)5)52(65)58-33-41(61)30-44(58)51(64)55-34(2)36-15-13-35(32-54)14-16-36/h13-26,31,34,41,44,50,59-61H,6-12,27-30,33H2,1-5H3,(H,55,64)(H,56,62)/t34-,41+,44-,50+/m0/s1. The smallest absolute Gasteiger partial charge is 0.246 e. The molecule has 0 unspecified atom stereocenters. The molecule has 0 radical (unpaired) electrons. The van der Waals surface area contributed by atoms with Crippen LogP contribution in [0.1, 0.15) is 113 Å². The first-order valence-electron chi connectivity index (χ1n) is 23.2. The van der Waals surface area contributed by atoms with Crippen molar-refractivity contribution in [3.63, 3.8) is 0 Å². The highest BCUT2D eigenvalue weighted by Crippen LogP contribution is 2.41. The molecule has 4 aromatic carbocycles. The number of carbonyl (C=O) groups excluding carboxylic acids is 4. The maximum Gasteiger partial charge on any atom is 0.246 e. The highest BCUT2D eigenvalue weighted by Gasteiger charge is 2.44. The Kier molecular flexibility index (Phi) is 17.2. The van der Waals surface area contributed by atoms with Gasteiger partial charge in [-0.05, 0) is 128 Å². The van der Waals surface area contributed by atoms with Gasteiger partial charge in [0.2, 0.25) is 17.7 Å². The number of ether oxygens (including phenoxy) is 1. The van der Waals surface area contributed by atoms with Crippen LogP contribution in [0.15, 0.2) is 91.0 Å². The van der Waals surface area contributed by atoms with Crippen LogP contribution in [0.3, 0.4) is 0 Å². The minimum Gasteiger partial charge on any atom is -0.508 e. The number of benzene rings is 4. The molecule has 3 amide bonds. The van der Waals surface area contributed by atoms with E-state index in [1.54, 1.807) is 78.9 Å². The summed E-state index contributed by atoms with van der Waals surface area (Å²) in [7, 11) is 0. The first-order chi connectivity index (χ1) is 32.1. The highest BCUT2D eigenvalue weighted by molar-refractivity contribution is 7.22. The number of aliphatic hydroxyl groups excluding tert-OH is 1. The number of phenolic OH excluding ortho intramolecular Hbond substituents is 2. The fourth-order valence-electron chi connectivity index (χ4n) is 8.44. The number of unbranched alkanes of at least 4 members (excludes halogenated alkanes) is 4. The Labute approximate surface area is 397 Å². The molecule has 5 aromatic rings. The van der Waals surface area contributed by atoms with E-state index in [1.165, 1.54) is 16.2 Å². The predicted octanol–water partition coefficient (Wildman–Crippen LogP) is 8.49. The number of β-amino-alcohol motifs (C(OH)–C–C–N with tert-alkyl or cyclic N) is 1. The number of amides is 3. The normalized spacial score (nSPS) is 15.8. The van der Waals surface area contributed by atoms with E-state index >= 15 is 0 Å². The predicted molar refractivity (Wildman–Crippen MR) is 261 cm³/mol. The lowest BCUT2D eigenvalue weighted by atomic mass is 9.85. The topological polar surface area (TPSA) is 193 Å². The van der Waals surface area contributed by atoms with Gasteiger partial charge in [-0.25, -0.2) is 0 Å². The average molecular weight is 930 g/mol. The van der Waals surface area contributed by atoms with Crippen molar-refractivity contribution in [3.8, 4) is 33.8 Å². The van der Waals surface area contributed by atoms with Crippen LogP contribution in [0.25, 0.3) is 20.5 Å². The molecule has 0 saturated carbocycles. The Balaban J connectivity index is 0.903. The summed E-state index contributed by atoms with van der Waals surface area (Å²) in [6.07, 6.45) is 4.05. The third kappa shape index (κ3) is 13.2. The number of aromatic hydroxyl groups is 2. The lowest BCUT2D eigenvalue weighted by Gasteiger charge is -2.35. The number of fused-ring (bicyclic) bond motifs is 1. The van der Waals surface area contributed by atoms with Crippen molar-refractivity contribution in [1.29, 1.82) is 5.26 Å². The van der Waals surface area contributed by atoms with Gasteiger partial charge in [0.25, 0.3) is 0 Å². The van der Waals surface area contributed by atoms with Crippen molar-refractivity contribution >= 4 is 44.9 Å². The van der Waals surface area contributed by atoms with Crippen molar-refractivity contribution in [2.45, 2.75) is 104 Å². The Morgan fingerprint density at radius 1 is 0.881 bits per heavy atom. The van der Waals surface area contributed by atoms with Crippen LogP contribution < -0.4 is 15.4 Å². The number of thiophene rings is 1. The summed E-state index contributed by atoms with van der Waals surface area (Å²) in [5.41, 5.74) is 2.55. The summed E-state index contributed by atoms with van der Waals surface area (Å²) in [6.45, 7) is 12.6. The van der Waals surface area contributed by atoms with Crippen molar-refractivity contribution in [2.75, 3.05) is 32.8 Å². The van der Waals surface area contributed by atoms with Gasteiger partial charge in [0.15, 0.2) is 5.78 Å². The quantitative estimate of drug-likeness (QED) is 0.0352. The first-order valence-corrected chi connectivity index (χ1v) is 24.0. The molecule has 14 heteroatoms. The zero-order valence-electron chi connectivity index (χ0n) is 39.1.